The highest BCUT2D eigenvalue weighted by atomic mass is 16.3. The smallest absolute Gasteiger partial charge is 0.103 e. The summed E-state index contributed by atoms with van der Waals surface area (Å²) in [5.41, 5.74) is 0. The van der Waals surface area contributed by atoms with E-state index < -0.39 is 0 Å². The van der Waals surface area contributed by atoms with Crippen molar-refractivity contribution in [1.29, 1.82) is 0 Å². The molecule has 2 heterocycles. The van der Waals surface area contributed by atoms with Crippen LogP contribution in [0.15, 0.2) is 51.9 Å². The van der Waals surface area contributed by atoms with Crippen molar-refractivity contribution in [3.05, 3.63) is 48.8 Å². The molecule has 0 spiro atoms. The van der Waals surface area contributed by atoms with E-state index in [1.54, 1.807) is 18.8 Å². The van der Waals surface area contributed by atoms with Gasteiger partial charge in [0.2, 0.25) is 0 Å². The first kappa shape index (κ1) is 11.6. The molecule has 0 aliphatic heterocycles. The van der Waals surface area contributed by atoms with Gasteiger partial charge in [0, 0.05) is 6.42 Å². The quantitative estimate of drug-likeness (QED) is 0.697. The predicted octanol–water partition coefficient (Wildman–Crippen LogP) is 4.29. The van der Waals surface area contributed by atoms with Gasteiger partial charge in [-0.2, -0.15) is 0 Å². The summed E-state index contributed by atoms with van der Waals surface area (Å²) in [5, 5.41) is 0. The summed E-state index contributed by atoms with van der Waals surface area (Å²) >= 11 is 0. The van der Waals surface area contributed by atoms with Crippen LogP contribution in [0.5, 0.6) is 0 Å². The van der Waals surface area contributed by atoms with Crippen LogP contribution in [0.2, 0.25) is 0 Å². The van der Waals surface area contributed by atoms with E-state index in [-0.39, 0.29) is 0 Å². The van der Waals surface area contributed by atoms with Crippen LogP contribution in [0.25, 0.3) is 0 Å². The highest BCUT2D eigenvalue weighted by Gasteiger charge is 1.92. The average Bonchev–Trinajstić information content (AvgIpc) is 2.94. The van der Waals surface area contributed by atoms with Crippen molar-refractivity contribution in [2.45, 2.75) is 32.6 Å². The molecule has 0 unspecified atom stereocenters. The van der Waals surface area contributed by atoms with Crippen molar-refractivity contribution in [3.63, 3.8) is 0 Å². The fraction of sp³-hybridized carbons (Fsp3) is 0.385. The Bertz CT molecular complexity index is 278. The molecule has 0 saturated heterocycles. The lowest BCUT2D eigenvalue weighted by Crippen LogP contribution is -1.80. The van der Waals surface area contributed by atoms with Gasteiger partial charge in [0.05, 0.1) is 18.8 Å². The molecular weight excluding hydrogens is 188 g/mol. The van der Waals surface area contributed by atoms with Gasteiger partial charge < -0.3 is 8.83 Å². The van der Waals surface area contributed by atoms with Crippen LogP contribution in [0, 0.1) is 0 Å². The fourth-order valence-corrected chi connectivity index (χ4v) is 1.23. The van der Waals surface area contributed by atoms with E-state index in [1.807, 2.05) is 24.3 Å². The minimum Gasteiger partial charge on any atom is -0.473 e. The van der Waals surface area contributed by atoms with Crippen LogP contribution in [-0.4, -0.2) is 0 Å². The molecule has 0 aromatic carbocycles. The average molecular weight is 206 g/mol. The zero-order chi connectivity index (χ0) is 10.8. The van der Waals surface area contributed by atoms with Crippen LogP contribution in [0.1, 0.15) is 31.9 Å². The summed E-state index contributed by atoms with van der Waals surface area (Å²) in [6.07, 6.45) is 9.92. The van der Waals surface area contributed by atoms with E-state index in [4.69, 9.17) is 4.42 Å². The second kappa shape index (κ2) is 7.92. The Morgan fingerprint density at radius 3 is 2.27 bits per heavy atom. The lowest BCUT2D eigenvalue weighted by atomic mass is 10.2. The molecule has 0 aliphatic carbocycles. The van der Waals surface area contributed by atoms with E-state index in [9.17, 15) is 0 Å². The maximum atomic E-state index is 5.18. The van der Waals surface area contributed by atoms with E-state index >= 15 is 0 Å². The molecule has 0 fully saturated rings. The van der Waals surface area contributed by atoms with Crippen LogP contribution >= 0.6 is 0 Å². The molecule has 0 atom stereocenters. The van der Waals surface area contributed by atoms with E-state index in [1.165, 1.54) is 19.3 Å². The topological polar surface area (TPSA) is 26.3 Å². The van der Waals surface area contributed by atoms with Crippen molar-refractivity contribution in [3.8, 4) is 0 Å². The second-order valence-electron chi connectivity index (χ2n) is 3.33. The minimum absolute atomic E-state index is 1.10. The van der Waals surface area contributed by atoms with Gasteiger partial charge in [-0.25, -0.2) is 0 Å². The highest BCUT2D eigenvalue weighted by Crippen LogP contribution is 2.06. The molecule has 0 N–H and O–H groups in total. The number of furan rings is 2. The van der Waals surface area contributed by atoms with Gasteiger partial charge in [0.1, 0.15) is 5.76 Å². The normalized spacial score (nSPS) is 9.40. The van der Waals surface area contributed by atoms with Gasteiger partial charge in [-0.15, -0.1) is 0 Å². The van der Waals surface area contributed by atoms with Gasteiger partial charge in [0.25, 0.3) is 0 Å². The Morgan fingerprint density at radius 2 is 1.80 bits per heavy atom. The fourth-order valence-electron chi connectivity index (χ4n) is 1.23. The van der Waals surface area contributed by atoms with Gasteiger partial charge in [-0.1, -0.05) is 19.8 Å². The summed E-state index contributed by atoms with van der Waals surface area (Å²) in [4.78, 5) is 0. The summed E-state index contributed by atoms with van der Waals surface area (Å²) in [5.74, 6) is 1.12. The summed E-state index contributed by atoms with van der Waals surface area (Å²) < 4.78 is 9.76. The number of unbranched alkanes of at least 4 members (excludes halogenated alkanes) is 2. The molecule has 2 rings (SSSR count). The maximum Gasteiger partial charge on any atom is 0.103 e. The first-order valence-corrected chi connectivity index (χ1v) is 5.43. The van der Waals surface area contributed by atoms with Crippen molar-refractivity contribution in [2.75, 3.05) is 0 Å². The molecule has 2 aromatic heterocycles. The first-order valence-electron chi connectivity index (χ1n) is 5.43. The Labute approximate surface area is 90.9 Å². The Hall–Kier alpha value is -1.44. The van der Waals surface area contributed by atoms with Gasteiger partial charge in [0.15, 0.2) is 0 Å². The highest BCUT2D eigenvalue weighted by molar-refractivity contribution is 4.97. The Morgan fingerprint density at radius 1 is 1.00 bits per heavy atom. The molecule has 15 heavy (non-hydrogen) atoms. The molecule has 0 amide bonds. The van der Waals surface area contributed by atoms with Crippen molar-refractivity contribution in [2.24, 2.45) is 0 Å². The number of rotatable bonds is 4. The summed E-state index contributed by atoms with van der Waals surface area (Å²) in [6, 6.07) is 7.65. The molecule has 2 heteroatoms. The Balaban J connectivity index is 0.000000187. The minimum atomic E-state index is 1.10. The largest absolute Gasteiger partial charge is 0.473 e. The predicted molar refractivity (Wildman–Crippen MR) is 60.6 cm³/mol. The van der Waals surface area contributed by atoms with E-state index in [0.29, 0.717) is 0 Å². The third-order valence-corrected chi connectivity index (χ3v) is 2.03. The van der Waals surface area contributed by atoms with E-state index in [0.717, 1.165) is 12.2 Å². The van der Waals surface area contributed by atoms with Crippen molar-refractivity contribution < 1.29 is 8.83 Å². The zero-order valence-corrected chi connectivity index (χ0v) is 9.19. The molecule has 0 bridgehead atoms. The van der Waals surface area contributed by atoms with Crippen LogP contribution < -0.4 is 0 Å². The molecule has 2 nitrogen and oxygen atoms in total. The van der Waals surface area contributed by atoms with Crippen LogP contribution in [0.3, 0.4) is 0 Å². The molecule has 0 aliphatic rings. The zero-order valence-electron chi connectivity index (χ0n) is 9.19. The third kappa shape index (κ3) is 5.78. The molecule has 82 valence electrons. The van der Waals surface area contributed by atoms with Crippen LogP contribution in [0.4, 0.5) is 0 Å². The lowest BCUT2D eigenvalue weighted by Gasteiger charge is -1.93. The van der Waals surface area contributed by atoms with Crippen LogP contribution in [-0.2, 0) is 6.42 Å². The SMILES string of the molecule is CCCCCc1ccco1.c1ccoc1. The van der Waals surface area contributed by atoms with Crippen molar-refractivity contribution in [1.82, 2.24) is 0 Å². The molecular formula is C13H18O2. The number of hydrogen-bond donors (Lipinski definition) is 0. The number of hydrogen-bond acceptors (Lipinski definition) is 2. The molecule has 2 aromatic rings. The summed E-state index contributed by atoms with van der Waals surface area (Å²) in [7, 11) is 0. The second-order valence-corrected chi connectivity index (χ2v) is 3.33. The molecule has 0 radical (unpaired) electrons. The number of aryl methyl sites for hydroxylation is 1. The summed E-state index contributed by atoms with van der Waals surface area (Å²) in [6.45, 7) is 2.21. The first-order chi connectivity index (χ1) is 7.43. The monoisotopic (exact) mass is 206 g/mol. The Kier molecular flexibility index (Phi) is 6.14. The van der Waals surface area contributed by atoms with Crippen molar-refractivity contribution >= 4 is 0 Å². The van der Waals surface area contributed by atoms with Gasteiger partial charge >= 0.3 is 0 Å². The molecule has 0 saturated carbocycles. The standard InChI is InChI=1S/C9H14O.C4H4O/c1-2-3-4-6-9-7-5-8-10-9;1-2-4-5-3-1/h5,7-8H,2-4,6H2,1H3;1-4H. The third-order valence-electron chi connectivity index (χ3n) is 2.03. The maximum absolute atomic E-state index is 5.18. The lowest BCUT2D eigenvalue weighted by molar-refractivity contribution is 0.497. The van der Waals surface area contributed by atoms with Gasteiger partial charge in [-0.3, -0.25) is 0 Å². The van der Waals surface area contributed by atoms with E-state index in [2.05, 4.69) is 11.3 Å². The van der Waals surface area contributed by atoms with Gasteiger partial charge in [-0.05, 0) is 30.7 Å².